The fraction of sp³-hybridized carbons (Fsp3) is 0. The first-order valence-corrected chi connectivity index (χ1v) is 3.61. The summed E-state index contributed by atoms with van der Waals surface area (Å²) in [6.07, 6.45) is 2.61. The molecule has 2 nitrogen and oxygen atoms in total. The van der Waals surface area contributed by atoms with E-state index in [1.807, 2.05) is 6.07 Å². The lowest BCUT2D eigenvalue weighted by Gasteiger charge is -1.95. The van der Waals surface area contributed by atoms with E-state index in [9.17, 15) is 0 Å². The van der Waals surface area contributed by atoms with Crippen molar-refractivity contribution in [2.24, 2.45) is 0 Å². The van der Waals surface area contributed by atoms with E-state index in [1.54, 1.807) is 30.3 Å². The third kappa shape index (κ3) is 1.19. The minimum atomic E-state index is 0.259. The molecule has 0 aliphatic carbocycles. The molecule has 1 aromatic heterocycles. The van der Waals surface area contributed by atoms with Crippen LogP contribution in [-0.4, -0.2) is 5.11 Å². The molecule has 0 atom stereocenters. The van der Waals surface area contributed by atoms with Crippen LogP contribution in [-0.2, 0) is 0 Å². The highest BCUT2D eigenvalue weighted by Gasteiger charge is 1.98. The predicted octanol–water partition coefficient (Wildman–Crippen LogP) is 2.45. The summed E-state index contributed by atoms with van der Waals surface area (Å²) in [6, 6.07) is 10.4. The van der Waals surface area contributed by atoms with Gasteiger partial charge in [-0.2, -0.15) is 0 Å². The molecule has 1 aromatic carbocycles. The zero-order valence-electron chi connectivity index (χ0n) is 6.32. The molecule has 0 spiro atoms. The Morgan fingerprint density at radius 3 is 2.42 bits per heavy atom. The second-order valence-electron chi connectivity index (χ2n) is 2.46. The highest BCUT2D eigenvalue weighted by atomic mass is 16.3. The molecular weight excluding hydrogens is 152 g/mol. The van der Waals surface area contributed by atoms with Gasteiger partial charge in [0.1, 0.15) is 11.5 Å². The standard InChI is InChI=1S/C10H7O2/c11-9-5-3-8(4-6-9)10-2-1-7-12-10/h1-6,11H. The molecule has 0 fully saturated rings. The first kappa shape index (κ1) is 6.98. The average Bonchev–Trinajstić information content (AvgIpc) is 2.58. The number of phenols is 1. The summed E-state index contributed by atoms with van der Waals surface area (Å²) < 4.78 is 5.05. The normalized spacial score (nSPS) is 10.0. The van der Waals surface area contributed by atoms with Crippen molar-refractivity contribution in [3.63, 3.8) is 0 Å². The Hall–Kier alpha value is -1.70. The van der Waals surface area contributed by atoms with E-state index in [0.29, 0.717) is 0 Å². The van der Waals surface area contributed by atoms with Crippen LogP contribution in [0.5, 0.6) is 5.75 Å². The highest BCUT2D eigenvalue weighted by Crippen LogP contribution is 2.21. The number of hydrogen-bond acceptors (Lipinski definition) is 2. The predicted molar refractivity (Wildman–Crippen MR) is 44.6 cm³/mol. The molecule has 0 aliphatic rings. The van der Waals surface area contributed by atoms with Crippen LogP contribution in [0.3, 0.4) is 0 Å². The maximum absolute atomic E-state index is 9.02. The van der Waals surface area contributed by atoms with E-state index in [4.69, 9.17) is 9.52 Å². The quantitative estimate of drug-likeness (QED) is 0.693. The molecule has 0 saturated carbocycles. The molecule has 0 saturated heterocycles. The van der Waals surface area contributed by atoms with E-state index < -0.39 is 0 Å². The molecule has 2 heteroatoms. The van der Waals surface area contributed by atoms with Crippen LogP contribution in [0.1, 0.15) is 0 Å². The van der Waals surface area contributed by atoms with Crippen LogP contribution in [0.4, 0.5) is 0 Å². The number of benzene rings is 1. The van der Waals surface area contributed by atoms with Gasteiger partial charge < -0.3 is 9.52 Å². The Morgan fingerprint density at radius 1 is 1.08 bits per heavy atom. The molecule has 1 radical (unpaired) electrons. The number of phenolic OH excluding ortho intramolecular Hbond substituents is 1. The summed E-state index contributed by atoms with van der Waals surface area (Å²) in [5.74, 6) is 1.02. The molecule has 1 heterocycles. The second kappa shape index (κ2) is 2.74. The third-order valence-electron chi connectivity index (χ3n) is 1.62. The number of aromatic hydroxyl groups is 1. The molecule has 1 N–H and O–H groups in total. The lowest BCUT2D eigenvalue weighted by atomic mass is 10.2. The van der Waals surface area contributed by atoms with Crippen LogP contribution < -0.4 is 0 Å². The smallest absolute Gasteiger partial charge is 0.170 e. The summed E-state index contributed by atoms with van der Waals surface area (Å²) in [5, 5.41) is 9.02. The van der Waals surface area contributed by atoms with Gasteiger partial charge in [0.25, 0.3) is 0 Å². The monoisotopic (exact) mass is 159 g/mol. The average molecular weight is 159 g/mol. The Labute approximate surface area is 70.1 Å². The van der Waals surface area contributed by atoms with Gasteiger partial charge in [0.15, 0.2) is 6.26 Å². The molecule has 0 bridgehead atoms. The van der Waals surface area contributed by atoms with Crippen LogP contribution in [0.2, 0.25) is 0 Å². The summed E-state index contributed by atoms with van der Waals surface area (Å²) in [7, 11) is 0. The molecule has 0 aliphatic heterocycles. The summed E-state index contributed by atoms with van der Waals surface area (Å²) in [6.45, 7) is 0. The van der Waals surface area contributed by atoms with Gasteiger partial charge in [-0.3, -0.25) is 0 Å². The minimum absolute atomic E-state index is 0.259. The van der Waals surface area contributed by atoms with Crippen molar-refractivity contribution in [2.45, 2.75) is 0 Å². The Bertz CT molecular complexity index is 346. The van der Waals surface area contributed by atoms with E-state index in [-0.39, 0.29) is 5.75 Å². The Morgan fingerprint density at radius 2 is 1.83 bits per heavy atom. The van der Waals surface area contributed by atoms with E-state index in [1.165, 1.54) is 0 Å². The first-order valence-electron chi connectivity index (χ1n) is 3.61. The van der Waals surface area contributed by atoms with E-state index in [2.05, 4.69) is 6.26 Å². The molecule has 2 rings (SSSR count). The van der Waals surface area contributed by atoms with Crippen molar-refractivity contribution in [1.29, 1.82) is 0 Å². The SMILES string of the molecule is Oc1ccc(-c2cc[c]o2)cc1. The summed E-state index contributed by atoms with van der Waals surface area (Å²) >= 11 is 0. The van der Waals surface area contributed by atoms with Crippen molar-refractivity contribution in [2.75, 3.05) is 0 Å². The number of hydrogen-bond donors (Lipinski definition) is 1. The maximum Gasteiger partial charge on any atom is 0.170 e. The number of rotatable bonds is 1. The van der Waals surface area contributed by atoms with Crippen LogP contribution in [0, 0.1) is 6.26 Å². The Kier molecular flexibility index (Phi) is 1.59. The highest BCUT2D eigenvalue weighted by molar-refractivity contribution is 5.57. The van der Waals surface area contributed by atoms with Gasteiger partial charge in [-0.15, -0.1) is 0 Å². The van der Waals surface area contributed by atoms with Gasteiger partial charge in [0, 0.05) is 5.56 Å². The van der Waals surface area contributed by atoms with Gasteiger partial charge in [0.2, 0.25) is 0 Å². The van der Waals surface area contributed by atoms with Crippen molar-refractivity contribution in [3.05, 3.63) is 42.7 Å². The maximum atomic E-state index is 9.02. The zero-order chi connectivity index (χ0) is 8.39. The van der Waals surface area contributed by atoms with Gasteiger partial charge in [-0.05, 0) is 36.4 Å². The van der Waals surface area contributed by atoms with Crippen LogP contribution in [0.15, 0.2) is 40.8 Å². The van der Waals surface area contributed by atoms with Gasteiger partial charge in [-0.25, -0.2) is 0 Å². The third-order valence-corrected chi connectivity index (χ3v) is 1.62. The lowest BCUT2D eigenvalue weighted by Crippen LogP contribution is -1.71. The van der Waals surface area contributed by atoms with E-state index >= 15 is 0 Å². The van der Waals surface area contributed by atoms with Crippen molar-refractivity contribution >= 4 is 0 Å². The molecule has 0 unspecified atom stereocenters. The summed E-state index contributed by atoms with van der Waals surface area (Å²) in [4.78, 5) is 0. The summed E-state index contributed by atoms with van der Waals surface area (Å²) in [5.41, 5.74) is 0.939. The van der Waals surface area contributed by atoms with Crippen LogP contribution >= 0.6 is 0 Å². The van der Waals surface area contributed by atoms with E-state index in [0.717, 1.165) is 11.3 Å². The van der Waals surface area contributed by atoms with Crippen LogP contribution in [0.25, 0.3) is 11.3 Å². The fourth-order valence-electron chi connectivity index (χ4n) is 1.02. The molecule has 0 amide bonds. The van der Waals surface area contributed by atoms with Gasteiger partial charge >= 0.3 is 0 Å². The van der Waals surface area contributed by atoms with Crippen molar-refractivity contribution < 1.29 is 9.52 Å². The topological polar surface area (TPSA) is 33.4 Å². The zero-order valence-corrected chi connectivity index (χ0v) is 6.32. The molecular formula is C10H7O2. The van der Waals surface area contributed by atoms with Gasteiger partial charge in [0.05, 0.1) is 0 Å². The van der Waals surface area contributed by atoms with Gasteiger partial charge in [-0.1, -0.05) is 0 Å². The molecule has 2 aromatic rings. The largest absolute Gasteiger partial charge is 0.508 e. The van der Waals surface area contributed by atoms with Crippen molar-refractivity contribution in [3.8, 4) is 17.1 Å². The fourth-order valence-corrected chi connectivity index (χ4v) is 1.02. The second-order valence-corrected chi connectivity index (χ2v) is 2.46. The first-order chi connectivity index (χ1) is 5.86. The molecule has 59 valence electrons. The Balaban J connectivity index is 2.43. The van der Waals surface area contributed by atoms with Crippen molar-refractivity contribution in [1.82, 2.24) is 0 Å². The molecule has 12 heavy (non-hydrogen) atoms. The number of furan rings is 1. The lowest BCUT2D eigenvalue weighted by molar-refractivity contribution is 0.475. The minimum Gasteiger partial charge on any atom is -0.508 e.